The number of hydrogen-bond donors (Lipinski definition) is 4. The van der Waals surface area contributed by atoms with E-state index >= 15 is 0 Å². The molecule has 0 bridgehead atoms. The van der Waals surface area contributed by atoms with Gasteiger partial charge in [0.25, 0.3) is 0 Å². The van der Waals surface area contributed by atoms with Gasteiger partial charge in [0.2, 0.25) is 0 Å². The zero-order chi connectivity index (χ0) is 42.9. The van der Waals surface area contributed by atoms with Crippen LogP contribution in [0, 0.1) is 0 Å². The minimum atomic E-state index is -1.55. The van der Waals surface area contributed by atoms with Crippen LogP contribution in [0.15, 0.2) is 48.6 Å². The van der Waals surface area contributed by atoms with Crippen LogP contribution in [0.3, 0.4) is 0 Å². The molecule has 1 aliphatic heterocycles. The first kappa shape index (κ1) is 55.2. The number of carbonyl (C=O) groups is 1. The number of carbonyl (C=O) groups excluding carboxylic acids is 1. The number of aliphatic hydroxyl groups is 4. The first-order chi connectivity index (χ1) is 28.9. The zero-order valence-corrected chi connectivity index (χ0v) is 37.7. The van der Waals surface area contributed by atoms with Gasteiger partial charge < -0.3 is 39.4 Å². The lowest BCUT2D eigenvalue weighted by molar-refractivity contribution is -0.305. The van der Waals surface area contributed by atoms with Gasteiger partial charge >= 0.3 is 5.97 Å². The largest absolute Gasteiger partial charge is 0.457 e. The third-order valence-electron chi connectivity index (χ3n) is 11.0. The Balaban J connectivity index is 2.20. The molecule has 4 N–H and O–H groups in total. The van der Waals surface area contributed by atoms with Gasteiger partial charge in [0.15, 0.2) is 6.29 Å². The van der Waals surface area contributed by atoms with Gasteiger partial charge in [-0.15, -0.1) is 0 Å². The predicted octanol–water partition coefficient (Wildman–Crippen LogP) is 11.3. The molecule has 0 saturated carbocycles. The van der Waals surface area contributed by atoms with E-state index in [0.717, 1.165) is 38.5 Å². The maximum atomic E-state index is 12.7. The fourth-order valence-electron chi connectivity index (χ4n) is 7.27. The number of rotatable bonds is 41. The summed E-state index contributed by atoms with van der Waals surface area (Å²) in [5.41, 5.74) is 0. The Morgan fingerprint density at radius 1 is 0.559 bits per heavy atom. The van der Waals surface area contributed by atoms with Crippen molar-refractivity contribution in [1.82, 2.24) is 0 Å². The van der Waals surface area contributed by atoms with E-state index < -0.39 is 49.4 Å². The number of unbranched alkanes of at least 4 members (excludes halogenated alkanes) is 22. The highest BCUT2D eigenvalue weighted by molar-refractivity contribution is 5.69. The Bertz CT molecular complexity index is 1040. The molecular formula is C50H90O9. The van der Waals surface area contributed by atoms with Crippen LogP contribution in [0.2, 0.25) is 0 Å². The summed E-state index contributed by atoms with van der Waals surface area (Å²) in [6.45, 7) is 4.37. The van der Waals surface area contributed by atoms with Gasteiger partial charge in [0.1, 0.15) is 30.5 Å². The Morgan fingerprint density at radius 2 is 1.00 bits per heavy atom. The van der Waals surface area contributed by atoms with Crippen LogP contribution in [-0.2, 0) is 23.7 Å². The maximum Gasteiger partial charge on any atom is 0.306 e. The van der Waals surface area contributed by atoms with E-state index in [9.17, 15) is 25.2 Å². The Kier molecular flexibility index (Phi) is 38.8. The molecule has 9 nitrogen and oxygen atoms in total. The molecule has 0 aliphatic carbocycles. The topological polar surface area (TPSA) is 135 Å². The molecule has 0 aromatic rings. The van der Waals surface area contributed by atoms with Gasteiger partial charge in [0.05, 0.1) is 19.8 Å². The fourth-order valence-corrected chi connectivity index (χ4v) is 7.27. The van der Waals surface area contributed by atoms with E-state index in [1.807, 2.05) is 12.2 Å². The molecule has 0 aromatic heterocycles. The van der Waals surface area contributed by atoms with Crippen LogP contribution in [0.4, 0.5) is 0 Å². The zero-order valence-electron chi connectivity index (χ0n) is 37.7. The second-order valence-electron chi connectivity index (χ2n) is 16.5. The van der Waals surface area contributed by atoms with Crippen molar-refractivity contribution in [3.63, 3.8) is 0 Å². The summed E-state index contributed by atoms with van der Waals surface area (Å²) in [7, 11) is 0. The van der Waals surface area contributed by atoms with Gasteiger partial charge in [-0.25, -0.2) is 0 Å². The van der Waals surface area contributed by atoms with E-state index in [1.165, 1.54) is 135 Å². The smallest absolute Gasteiger partial charge is 0.306 e. The van der Waals surface area contributed by atoms with Crippen molar-refractivity contribution >= 4 is 5.97 Å². The van der Waals surface area contributed by atoms with E-state index in [2.05, 4.69) is 50.3 Å². The van der Waals surface area contributed by atoms with Crippen molar-refractivity contribution in [3.8, 4) is 0 Å². The van der Waals surface area contributed by atoms with Crippen LogP contribution in [-0.4, -0.2) is 89.6 Å². The van der Waals surface area contributed by atoms with Crippen molar-refractivity contribution < 1.29 is 44.2 Å². The summed E-state index contributed by atoms with van der Waals surface area (Å²) in [5.74, 6) is -0.391. The summed E-state index contributed by atoms with van der Waals surface area (Å²) >= 11 is 0. The van der Waals surface area contributed by atoms with Crippen molar-refractivity contribution in [2.24, 2.45) is 0 Å². The van der Waals surface area contributed by atoms with Crippen LogP contribution in [0.5, 0.6) is 0 Å². The van der Waals surface area contributed by atoms with Gasteiger partial charge in [-0.2, -0.15) is 0 Å². The van der Waals surface area contributed by atoms with Gasteiger partial charge in [-0.1, -0.05) is 204 Å². The fraction of sp³-hybridized carbons (Fsp3) is 0.820. The van der Waals surface area contributed by atoms with E-state index in [4.69, 9.17) is 18.9 Å². The Labute approximate surface area is 361 Å². The SMILES string of the molecule is CC/C=C\C/C=C\C/C=C\C/C=C\CCC(=O)OC(COCCCCCCCCCCCCCCCCCCCCCCCCC)COC1OC(CO)C(O)C(O)C1O. The number of esters is 1. The molecule has 6 unspecified atom stereocenters. The van der Waals surface area contributed by atoms with Gasteiger partial charge in [-0.05, 0) is 38.5 Å². The van der Waals surface area contributed by atoms with Crippen molar-refractivity contribution in [1.29, 1.82) is 0 Å². The molecule has 59 heavy (non-hydrogen) atoms. The molecule has 344 valence electrons. The molecule has 6 atom stereocenters. The molecule has 1 saturated heterocycles. The Morgan fingerprint density at radius 3 is 1.46 bits per heavy atom. The van der Waals surface area contributed by atoms with Crippen LogP contribution in [0.1, 0.15) is 200 Å². The molecule has 0 aromatic carbocycles. The van der Waals surface area contributed by atoms with Gasteiger partial charge in [0, 0.05) is 13.0 Å². The highest BCUT2D eigenvalue weighted by Gasteiger charge is 2.44. The first-order valence-corrected chi connectivity index (χ1v) is 24.2. The lowest BCUT2D eigenvalue weighted by Crippen LogP contribution is -2.59. The number of hydrogen-bond acceptors (Lipinski definition) is 9. The maximum absolute atomic E-state index is 12.7. The lowest BCUT2D eigenvalue weighted by Gasteiger charge is -2.39. The second kappa shape index (κ2) is 41.5. The number of ether oxygens (including phenoxy) is 4. The summed E-state index contributed by atoms with van der Waals surface area (Å²) in [6.07, 6.45) is 44.6. The monoisotopic (exact) mass is 835 g/mol. The third-order valence-corrected chi connectivity index (χ3v) is 11.0. The third kappa shape index (κ3) is 32.5. The number of aliphatic hydroxyl groups excluding tert-OH is 4. The summed E-state index contributed by atoms with van der Waals surface area (Å²) in [5, 5.41) is 40.1. The molecule has 0 amide bonds. The minimum absolute atomic E-state index is 0.118. The highest BCUT2D eigenvalue weighted by atomic mass is 16.7. The van der Waals surface area contributed by atoms with E-state index in [-0.39, 0.29) is 19.6 Å². The lowest BCUT2D eigenvalue weighted by atomic mass is 9.99. The van der Waals surface area contributed by atoms with E-state index in [0.29, 0.717) is 13.0 Å². The summed E-state index contributed by atoms with van der Waals surface area (Å²) in [6, 6.07) is 0. The average Bonchev–Trinajstić information content (AvgIpc) is 3.24. The Hall–Kier alpha value is -1.85. The predicted molar refractivity (Wildman–Crippen MR) is 242 cm³/mol. The quantitative estimate of drug-likeness (QED) is 0.0270. The van der Waals surface area contributed by atoms with Crippen LogP contribution >= 0.6 is 0 Å². The normalized spacial score (nSPS) is 20.5. The van der Waals surface area contributed by atoms with E-state index in [1.54, 1.807) is 0 Å². The van der Waals surface area contributed by atoms with Crippen LogP contribution < -0.4 is 0 Å². The molecular weight excluding hydrogens is 745 g/mol. The summed E-state index contributed by atoms with van der Waals surface area (Å²) in [4.78, 5) is 12.7. The summed E-state index contributed by atoms with van der Waals surface area (Å²) < 4.78 is 22.7. The molecule has 0 spiro atoms. The molecule has 1 aliphatic rings. The molecule has 1 rings (SSSR count). The second-order valence-corrected chi connectivity index (χ2v) is 16.5. The van der Waals surface area contributed by atoms with Gasteiger partial charge in [-0.3, -0.25) is 4.79 Å². The van der Waals surface area contributed by atoms with Crippen LogP contribution in [0.25, 0.3) is 0 Å². The number of allylic oxidation sites excluding steroid dienone is 8. The minimum Gasteiger partial charge on any atom is -0.457 e. The molecule has 1 heterocycles. The molecule has 1 fully saturated rings. The highest BCUT2D eigenvalue weighted by Crippen LogP contribution is 2.23. The molecule has 9 heteroatoms. The van der Waals surface area contributed by atoms with Crippen molar-refractivity contribution in [2.45, 2.75) is 237 Å². The average molecular weight is 835 g/mol. The van der Waals surface area contributed by atoms with Crippen molar-refractivity contribution in [3.05, 3.63) is 48.6 Å². The standard InChI is InChI=1S/C50H90O9/c1-3-5-7-9-11-13-15-17-18-19-20-21-22-23-24-25-26-28-30-32-34-36-38-40-56-42-44(43-57-50-49(55)48(54)47(53)45(41-51)59-50)58-46(52)39-37-35-33-31-29-27-16-14-12-10-8-6-4-2/h6,8,12,14,27,29,33,35,44-45,47-51,53-55H,3-5,7,9-11,13,15-26,28,30-32,34,36-43H2,1-2H3/b8-6-,14-12-,29-27-,35-33-. The molecule has 0 radical (unpaired) electrons. The first-order valence-electron chi connectivity index (χ1n) is 24.2. The van der Waals surface area contributed by atoms with Crippen molar-refractivity contribution in [2.75, 3.05) is 26.4 Å².